The lowest BCUT2D eigenvalue weighted by Gasteiger charge is -2.26. The van der Waals surface area contributed by atoms with Crippen molar-refractivity contribution in [1.82, 2.24) is 4.90 Å². The molecule has 0 fully saturated rings. The molecule has 23 heavy (non-hydrogen) atoms. The molecule has 0 N–H and O–H groups in total. The number of rotatable bonds is 9. The minimum Gasteiger partial charge on any atom is -0.469 e. The minimum atomic E-state index is -0.426. The number of nitrogens with zero attached hydrogens (tertiary/aromatic N) is 1. The molecule has 0 heterocycles. The second-order valence-corrected chi connectivity index (χ2v) is 5.77. The van der Waals surface area contributed by atoms with Gasteiger partial charge in [-0.1, -0.05) is 38.8 Å². The molecule has 0 aliphatic rings. The highest BCUT2D eigenvalue weighted by Crippen LogP contribution is 2.14. The summed E-state index contributed by atoms with van der Waals surface area (Å²) in [4.78, 5) is 25.7. The van der Waals surface area contributed by atoms with Crippen LogP contribution in [0.25, 0.3) is 0 Å². The fraction of sp³-hybridized carbons (Fsp3) is 0.556. The van der Waals surface area contributed by atoms with Gasteiger partial charge in [0.15, 0.2) is 0 Å². The van der Waals surface area contributed by atoms with Crippen LogP contribution >= 0.6 is 0 Å². The summed E-state index contributed by atoms with van der Waals surface area (Å²) in [5.74, 6) is -1.18. The van der Waals surface area contributed by atoms with Crippen LogP contribution in [0.1, 0.15) is 45.1 Å². The number of hydrogen-bond acceptors (Lipinski definition) is 3. The van der Waals surface area contributed by atoms with Gasteiger partial charge in [0.1, 0.15) is 5.82 Å². The predicted octanol–water partition coefficient (Wildman–Crippen LogP) is 3.54. The van der Waals surface area contributed by atoms with Crippen molar-refractivity contribution in [3.8, 4) is 0 Å². The van der Waals surface area contributed by atoms with Gasteiger partial charge in [0.25, 0.3) is 0 Å². The summed E-state index contributed by atoms with van der Waals surface area (Å²) in [6.45, 7) is 4.90. The summed E-state index contributed by atoms with van der Waals surface area (Å²) >= 11 is 0. The highest BCUT2D eigenvalue weighted by atomic mass is 19.1. The summed E-state index contributed by atoms with van der Waals surface area (Å²) in [6, 6.07) is 6.14. The average molecular weight is 323 g/mol. The molecule has 1 amide bonds. The molecule has 0 bridgehead atoms. The highest BCUT2D eigenvalue weighted by molar-refractivity contribution is 5.83. The molecule has 1 aromatic rings. The maximum Gasteiger partial charge on any atom is 0.306 e. The first kappa shape index (κ1) is 19.1. The fourth-order valence-electron chi connectivity index (χ4n) is 2.36. The average Bonchev–Trinajstić information content (AvgIpc) is 2.55. The van der Waals surface area contributed by atoms with E-state index in [4.69, 9.17) is 0 Å². The molecule has 1 rings (SSSR count). The molecule has 5 heteroatoms. The summed E-state index contributed by atoms with van der Waals surface area (Å²) in [5.41, 5.74) is 0.876. The summed E-state index contributed by atoms with van der Waals surface area (Å²) < 4.78 is 17.6. The molecule has 0 spiro atoms. The third kappa shape index (κ3) is 6.80. The first-order valence-corrected chi connectivity index (χ1v) is 8.08. The maximum atomic E-state index is 13.0. The summed E-state index contributed by atoms with van der Waals surface area (Å²) in [6.07, 6.45) is 3.09. The maximum absolute atomic E-state index is 13.0. The Balaban J connectivity index is 2.75. The Morgan fingerprint density at radius 2 is 1.87 bits per heavy atom. The van der Waals surface area contributed by atoms with Gasteiger partial charge in [0.05, 0.1) is 13.5 Å². The Labute approximate surface area is 137 Å². The third-order valence-electron chi connectivity index (χ3n) is 3.75. The number of ether oxygens (including phenoxy) is 1. The van der Waals surface area contributed by atoms with Crippen molar-refractivity contribution in [1.29, 1.82) is 0 Å². The monoisotopic (exact) mass is 323 g/mol. The fourth-order valence-corrected chi connectivity index (χ4v) is 2.36. The first-order valence-electron chi connectivity index (χ1n) is 8.08. The zero-order valence-electron chi connectivity index (χ0n) is 14.2. The molecule has 0 radical (unpaired) electrons. The zero-order chi connectivity index (χ0) is 17.2. The number of esters is 1. The molecule has 1 aromatic carbocycles. The van der Waals surface area contributed by atoms with E-state index >= 15 is 0 Å². The van der Waals surface area contributed by atoms with E-state index in [0.29, 0.717) is 13.1 Å². The number of benzene rings is 1. The summed E-state index contributed by atoms with van der Waals surface area (Å²) in [7, 11) is 1.32. The van der Waals surface area contributed by atoms with Crippen molar-refractivity contribution in [2.75, 3.05) is 13.7 Å². The SMILES string of the molecule is CCCCCN(Cc1ccc(F)cc1)C(=O)C(C)CC(=O)OC. The third-order valence-corrected chi connectivity index (χ3v) is 3.75. The Kier molecular flexibility index (Phi) is 8.30. The molecular formula is C18H26FNO3. The van der Waals surface area contributed by atoms with Crippen LogP contribution in [-0.2, 0) is 20.9 Å². The normalized spacial score (nSPS) is 11.8. The predicted molar refractivity (Wildman–Crippen MR) is 87.1 cm³/mol. The number of methoxy groups -OCH3 is 1. The number of halogens is 1. The first-order chi connectivity index (χ1) is 11.0. The molecule has 0 aromatic heterocycles. The van der Waals surface area contributed by atoms with Gasteiger partial charge < -0.3 is 9.64 Å². The number of unbranched alkanes of at least 4 members (excludes halogenated alkanes) is 2. The van der Waals surface area contributed by atoms with E-state index in [2.05, 4.69) is 11.7 Å². The molecule has 0 aliphatic carbocycles. The van der Waals surface area contributed by atoms with E-state index in [9.17, 15) is 14.0 Å². The minimum absolute atomic E-state index is 0.0724. The van der Waals surface area contributed by atoms with Crippen molar-refractivity contribution in [3.05, 3.63) is 35.6 Å². The van der Waals surface area contributed by atoms with Crippen molar-refractivity contribution >= 4 is 11.9 Å². The van der Waals surface area contributed by atoms with Crippen molar-refractivity contribution < 1.29 is 18.7 Å². The van der Waals surface area contributed by atoms with Crippen molar-refractivity contribution in [2.45, 2.75) is 46.1 Å². The smallest absolute Gasteiger partial charge is 0.306 e. The van der Waals surface area contributed by atoms with E-state index in [1.54, 1.807) is 24.0 Å². The Bertz CT molecular complexity index is 501. The van der Waals surface area contributed by atoms with Gasteiger partial charge in [-0.15, -0.1) is 0 Å². The second kappa shape index (κ2) is 9.98. The quantitative estimate of drug-likeness (QED) is 0.516. The lowest BCUT2D eigenvalue weighted by molar-refractivity contribution is -0.146. The Morgan fingerprint density at radius 3 is 2.43 bits per heavy atom. The second-order valence-electron chi connectivity index (χ2n) is 5.77. The van der Waals surface area contributed by atoms with Crippen molar-refractivity contribution in [2.24, 2.45) is 5.92 Å². The van der Waals surface area contributed by atoms with E-state index in [-0.39, 0.29) is 24.1 Å². The van der Waals surface area contributed by atoms with Crippen LogP contribution in [0.5, 0.6) is 0 Å². The largest absolute Gasteiger partial charge is 0.469 e. The van der Waals surface area contributed by atoms with E-state index in [1.165, 1.54) is 19.2 Å². The molecule has 128 valence electrons. The van der Waals surface area contributed by atoms with Crippen LogP contribution in [-0.4, -0.2) is 30.4 Å². The van der Waals surface area contributed by atoms with Crippen LogP contribution in [0.15, 0.2) is 24.3 Å². The van der Waals surface area contributed by atoms with Crippen LogP contribution in [0.3, 0.4) is 0 Å². The number of carbonyl (C=O) groups is 2. The lowest BCUT2D eigenvalue weighted by Crippen LogP contribution is -2.36. The number of amides is 1. The molecule has 1 unspecified atom stereocenters. The van der Waals surface area contributed by atoms with Crippen LogP contribution in [0, 0.1) is 11.7 Å². The lowest BCUT2D eigenvalue weighted by atomic mass is 10.1. The molecule has 1 atom stereocenters. The Morgan fingerprint density at radius 1 is 1.22 bits per heavy atom. The van der Waals surface area contributed by atoms with Gasteiger partial charge in [-0.3, -0.25) is 9.59 Å². The number of hydrogen-bond donors (Lipinski definition) is 0. The topological polar surface area (TPSA) is 46.6 Å². The van der Waals surface area contributed by atoms with Crippen LogP contribution in [0.2, 0.25) is 0 Å². The molecule has 0 saturated carbocycles. The molecular weight excluding hydrogens is 297 g/mol. The highest BCUT2D eigenvalue weighted by Gasteiger charge is 2.23. The molecule has 0 saturated heterocycles. The van der Waals surface area contributed by atoms with E-state index < -0.39 is 5.92 Å². The van der Waals surface area contributed by atoms with Crippen molar-refractivity contribution in [3.63, 3.8) is 0 Å². The van der Waals surface area contributed by atoms with Gasteiger partial charge >= 0.3 is 5.97 Å². The van der Waals surface area contributed by atoms with Gasteiger partial charge in [0.2, 0.25) is 5.91 Å². The molecule has 4 nitrogen and oxygen atoms in total. The Hall–Kier alpha value is -1.91. The van der Waals surface area contributed by atoms with Gasteiger partial charge in [-0.2, -0.15) is 0 Å². The van der Waals surface area contributed by atoms with Crippen LogP contribution in [0.4, 0.5) is 4.39 Å². The molecule has 0 aliphatic heterocycles. The van der Waals surface area contributed by atoms with Gasteiger partial charge in [-0.05, 0) is 24.1 Å². The van der Waals surface area contributed by atoms with Gasteiger partial charge in [0, 0.05) is 19.0 Å². The number of carbonyl (C=O) groups excluding carboxylic acids is 2. The van der Waals surface area contributed by atoms with E-state index in [0.717, 1.165) is 24.8 Å². The van der Waals surface area contributed by atoms with Gasteiger partial charge in [-0.25, -0.2) is 4.39 Å². The van der Waals surface area contributed by atoms with E-state index in [1.807, 2.05) is 0 Å². The zero-order valence-corrected chi connectivity index (χ0v) is 14.2. The summed E-state index contributed by atoms with van der Waals surface area (Å²) in [5, 5.41) is 0. The standard InChI is InChI=1S/C18H26FNO3/c1-4-5-6-11-20(13-15-7-9-16(19)10-8-15)18(22)14(2)12-17(21)23-3/h7-10,14H,4-6,11-13H2,1-3H3. The van der Waals surface area contributed by atoms with Crippen LogP contribution < -0.4 is 0 Å².